The zero-order valence-corrected chi connectivity index (χ0v) is 8.80. The highest BCUT2D eigenvalue weighted by Gasteiger charge is 2.29. The highest BCUT2D eigenvalue weighted by Crippen LogP contribution is 2.31. The Bertz CT molecular complexity index is 455. The number of nitro benzene ring substituents is 1. The number of aliphatic hydroxyl groups excluding tert-OH is 1. The predicted octanol–water partition coefficient (Wildman–Crippen LogP) is 1.33. The molecule has 0 heterocycles. The first-order chi connectivity index (χ1) is 7.36. The van der Waals surface area contributed by atoms with Crippen LogP contribution in [0.1, 0.15) is 22.8 Å². The number of nitro groups is 1. The normalized spacial score (nSPS) is 12.2. The monoisotopic (exact) mass is 225 g/mol. The van der Waals surface area contributed by atoms with Crippen LogP contribution in [0.15, 0.2) is 12.1 Å². The molecule has 6 heteroatoms. The average molecular weight is 225 g/mol. The van der Waals surface area contributed by atoms with Crippen molar-refractivity contribution >= 4 is 11.7 Å². The lowest BCUT2D eigenvalue weighted by Gasteiger charge is -2.11. The van der Waals surface area contributed by atoms with Crippen LogP contribution in [0.2, 0.25) is 0 Å². The van der Waals surface area contributed by atoms with Gasteiger partial charge in [-0.15, -0.1) is 0 Å². The summed E-state index contributed by atoms with van der Waals surface area (Å²) in [7, 11) is 0. The summed E-state index contributed by atoms with van der Waals surface area (Å²) in [5, 5.41) is 28.9. The molecule has 0 saturated carbocycles. The Morgan fingerprint density at radius 1 is 1.38 bits per heavy atom. The molecule has 1 rings (SSSR count). The molecule has 0 amide bonds. The van der Waals surface area contributed by atoms with Gasteiger partial charge in [0.25, 0.3) is 5.69 Å². The molecule has 0 aliphatic carbocycles. The Hall–Kier alpha value is -1.95. The Kier molecular flexibility index (Phi) is 3.24. The van der Waals surface area contributed by atoms with Crippen LogP contribution in [-0.4, -0.2) is 21.1 Å². The van der Waals surface area contributed by atoms with Crippen LogP contribution in [0.4, 0.5) is 5.69 Å². The summed E-state index contributed by atoms with van der Waals surface area (Å²) in [5.41, 5.74) is 0.213. The third kappa shape index (κ3) is 2.01. The highest BCUT2D eigenvalue weighted by atomic mass is 16.6. The lowest BCUT2D eigenvalue weighted by Crippen LogP contribution is -2.14. The van der Waals surface area contributed by atoms with Crippen LogP contribution in [0.25, 0.3) is 0 Å². The Balaban J connectivity index is 3.52. The van der Waals surface area contributed by atoms with Gasteiger partial charge in [-0.25, -0.2) is 4.79 Å². The molecule has 86 valence electrons. The van der Waals surface area contributed by atoms with E-state index in [1.165, 1.54) is 19.9 Å². The smallest absolute Gasteiger partial charge is 0.337 e. The minimum absolute atomic E-state index is 0.155. The van der Waals surface area contributed by atoms with Gasteiger partial charge < -0.3 is 10.2 Å². The second-order valence-corrected chi connectivity index (χ2v) is 3.46. The molecule has 0 radical (unpaired) electrons. The van der Waals surface area contributed by atoms with Crippen molar-refractivity contribution in [3.8, 4) is 0 Å². The lowest BCUT2D eigenvalue weighted by atomic mass is 9.98. The molecule has 0 spiro atoms. The maximum absolute atomic E-state index is 10.8. The van der Waals surface area contributed by atoms with Crippen LogP contribution >= 0.6 is 0 Å². The number of aliphatic hydroxyl groups is 1. The standard InChI is InChI=1S/C10H11NO5/c1-5-3-4-6(2)8(11(15)16)7(5)9(12)10(13)14/h3-4,9,12H,1-2H3,(H,13,14). The summed E-state index contributed by atoms with van der Waals surface area (Å²) in [6, 6.07) is 3.06. The third-order valence-electron chi connectivity index (χ3n) is 2.33. The first-order valence-corrected chi connectivity index (χ1v) is 4.51. The second-order valence-electron chi connectivity index (χ2n) is 3.46. The summed E-state index contributed by atoms with van der Waals surface area (Å²) in [4.78, 5) is 20.8. The SMILES string of the molecule is Cc1ccc(C)c([N+](=O)[O-])c1C(O)C(=O)O. The molecule has 0 aliphatic rings. The fourth-order valence-corrected chi connectivity index (χ4v) is 1.53. The maximum atomic E-state index is 10.8. The van der Waals surface area contributed by atoms with Crippen LogP contribution in [0.5, 0.6) is 0 Å². The molecule has 1 unspecified atom stereocenters. The molecular weight excluding hydrogens is 214 g/mol. The summed E-state index contributed by atoms with van der Waals surface area (Å²) in [5.74, 6) is -1.50. The van der Waals surface area contributed by atoms with Crippen LogP contribution in [0, 0.1) is 24.0 Å². The number of carboxylic acids is 1. The molecule has 16 heavy (non-hydrogen) atoms. The maximum Gasteiger partial charge on any atom is 0.337 e. The van der Waals surface area contributed by atoms with Gasteiger partial charge >= 0.3 is 5.97 Å². The fourth-order valence-electron chi connectivity index (χ4n) is 1.53. The highest BCUT2D eigenvalue weighted by molar-refractivity contribution is 5.77. The minimum atomic E-state index is -1.87. The van der Waals surface area contributed by atoms with Crippen LogP contribution in [0.3, 0.4) is 0 Å². The molecule has 0 aliphatic heterocycles. The van der Waals surface area contributed by atoms with E-state index in [2.05, 4.69) is 0 Å². The molecule has 0 saturated heterocycles. The van der Waals surface area contributed by atoms with E-state index in [0.29, 0.717) is 11.1 Å². The van der Waals surface area contributed by atoms with Gasteiger partial charge in [0.05, 0.1) is 10.5 Å². The Labute approximate surface area is 91.3 Å². The second kappa shape index (κ2) is 4.28. The van der Waals surface area contributed by atoms with E-state index in [-0.39, 0.29) is 11.3 Å². The Morgan fingerprint density at radius 3 is 2.31 bits per heavy atom. The van der Waals surface area contributed by atoms with E-state index >= 15 is 0 Å². The molecule has 0 aromatic heterocycles. The van der Waals surface area contributed by atoms with Crippen molar-refractivity contribution in [3.63, 3.8) is 0 Å². The van der Waals surface area contributed by atoms with Gasteiger partial charge in [0, 0.05) is 5.56 Å². The number of rotatable bonds is 3. The van der Waals surface area contributed by atoms with E-state index in [4.69, 9.17) is 5.11 Å². The first-order valence-electron chi connectivity index (χ1n) is 4.51. The summed E-state index contributed by atoms with van der Waals surface area (Å²) < 4.78 is 0. The zero-order chi connectivity index (χ0) is 12.5. The van der Waals surface area contributed by atoms with Crippen molar-refractivity contribution in [2.24, 2.45) is 0 Å². The third-order valence-corrected chi connectivity index (χ3v) is 2.33. The van der Waals surface area contributed by atoms with Crippen LogP contribution in [-0.2, 0) is 4.79 Å². The predicted molar refractivity (Wildman–Crippen MR) is 55.2 cm³/mol. The number of hydrogen-bond acceptors (Lipinski definition) is 4. The van der Waals surface area contributed by atoms with Gasteiger partial charge in [0.1, 0.15) is 0 Å². The summed E-state index contributed by atoms with van der Waals surface area (Å²) >= 11 is 0. The topological polar surface area (TPSA) is 101 Å². The van der Waals surface area contributed by atoms with Crippen molar-refractivity contribution in [1.29, 1.82) is 0 Å². The van der Waals surface area contributed by atoms with Crippen LogP contribution < -0.4 is 0 Å². The Morgan fingerprint density at radius 2 is 1.88 bits per heavy atom. The number of aliphatic carboxylic acids is 1. The minimum Gasteiger partial charge on any atom is -0.479 e. The quantitative estimate of drug-likeness (QED) is 0.597. The zero-order valence-electron chi connectivity index (χ0n) is 8.80. The van der Waals surface area contributed by atoms with Crippen molar-refractivity contribution in [3.05, 3.63) is 38.9 Å². The van der Waals surface area contributed by atoms with Crippen molar-refractivity contribution in [2.75, 3.05) is 0 Å². The van der Waals surface area contributed by atoms with Gasteiger partial charge in [0.15, 0.2) is 6.10 Å². The van der Waals surface area contributed by atoms with E-state index in [9.17, 15) is 20.0 Å². The van der Waals surface area contributed by atoms with Crippen molar-refractivity contribution in [2.45, 2.75) is 20.0 Å². The number of carbonyl (C=O) groups is 1. The number of hydrogen-bond donors (Lipinski definition) is 2. The number of carboxylic acid groups (broad SMARTS) is 1. The fraction of sp³-hybridized carbons (Fsp3) is 0.300. The molecule has 0 fully saturated rings. The van der Waals surface area contributed by atoms with E-state index in [1.54, 1.807) is 6.07 Å². The molecule has 1 aromatic rings. The number of nitrogens with zero attached hydrogens (tertiary/aromatic N) is 1. The largest absolute Gasteiger partial charge is 0.479 e. The molecular formula is C10H11NO5. The summed E-state index contributed by atoms with van der Waals surface area (Å²) in [6.07, 6.45) is -1.87. The molecule has 2 N–H and O–H groups in total. The van der Waals surface area contributed by atoms with E-state index in [0.717, 1.165) is 0 Å². The molecule has 0 bridgehead atoms. The number of benzene rings is 1. The van der Waals surface area contributed by atoms with Gasteiger partial charge in [-0.2, -0.15) is 0 Å². The lowest BCUT2D eigenvalue weighted by molar-refractivity contribution is -0.386. The molecule has 6 nitrogen and oxygen atoms in total. The van der Waals surface area contributed by atoms with Gasteiger partial charge in [-0.1, -0.05) is 12.1 Å². The molecule has 1 atom stereocenters. The van der Waals surface area contributed by atoms with Gasteiger partial charge in [0.2, 0.25) is 0 Å². The van der Waals surface area contributed by atoms with Gasteiger partial charge in [-0.05, 0) is 19.4 Å². The number of aryl methyl sites for hydroxylation is 2. The average Bonchev–Trinajstić information content (AvgIpc) is 2.19. The van der Waals surface area contributed by atoms with E-state index in [1.807, 2.05) is 0 Å². The van der Waals surface area contributed by atoms with E-state index < -0.39 is 17.0 Å². The summed E-state index contributed by atoms with van der Waals surface area (Å²) in [6.45, 7) is 3.02. The molecule has 1 aromatic carbocycles. The first kappa shape index (κ1) is 12.1. The van der Waals surface area contributed by atoms with Gasteiger partial charge in [-0.3, -0.25) is 10.1 Å². The van der Waals surface area contributed by atoms with Crippen molar-refractivity contribution in [1.82, 2.24) is 0 Å². The van der Waals surface area contributed by atoms with Crippen molar-refractivity contribution < 1.29 is 19.9 Å².